The number of rotatable bonds is 5. The molecule has 9 heteroatoms. The van der Waals surface area contributed by atoms with Crippen molar-refractivity contribution < 1.29 is 9.18 Å². The molecule has 1 aliphatic heterocycles. The maximum Gasteiger partial charge on any atom is 0.273 e. The number of carbonyl (C=O) groups excluding carboxylic acids is 1. The quantitative estimate of drug-likeness (QED) is 0.690. The van der Waals surface area contributed by atoms with E-state index in [9.17, 15) is 9.18 Å². The zero-order valence-corrected chi connectivity index (χ0v) is 16.5. The summed E-state index contributed by atoms with van der Waals surface area (Å²) in [6.07, 6.45) is 5.38. The molecule has 152 valence electrons. The van der Waals surface area contributed by atoms with Crippen LogP contribution < -0.4 is 10.6 Å². The molecule has 0 bridgehead atoms. The Morgan fingerprint density at radius 3 is 2.72 bits per heavy atom. The van der Waals surface area contributed by atoms with Crippen LogP contribution >= 0.6 is 0 Å². The van der Waals surface area contributed by atoms with E-state index in [2.05, 4.69) is 26.0 Å². The van der Waals surface area contributed by atoms with Crippen molar-refractivity contribution in [1.82, 2.24) is 35.4 Å². The molecular formula is C20H24FN7O. The van der Waals surface area contributed by atoms with E-state index in [1.807, 2.05) is 13.8 Å². The highest BCUT2D eigenvalue weighted by Gasteiger charge is 2.21. The molecule has 4 rings (SSSR count). The molecule has 1 atom stereocenters. The summed E-state index contributed by atoms with van der Waals surface area (Å²) in [4.78, 5) is 12.6. The zero-order chi connectivity index (χ0) is 20.4. The van der Waals surface area contributed by atoms with Gasteiger partial charge in [0.2, 0.25) is 0 Å². The molecule has 3 heterocycles. The van der Waals surface area contributed by atoms with Crippen LogP contribution in [0.25, 0.3) is 5.69 Å². The zero-order valence-electron chi connectivity index (χ0n) is 16.5. The average molecular weight is 397 g/mol. The highest BCUT2D eigenvalue weighted by molar-refractivity contribution is 5.92. The van der Waals surface area contributed by atoms with Crippen molar-refractivity contribution in [3.63, 3.8) is 0 Å². The van der Waals surface area contributed by atoms with Crippen LogP contribution in [0, 0.1) is 12.7 Å². The van der Waals surface area contributed by atoms with Crippen LogP contribution in [0.1, 0.15) is 53.6 Å². The van der Waals surface area contributed by atoms with Gasteiger partial charge in [-0.1, -0.05) is 5.21 Å². The SMILES string of the molecule is Cc1c(C(C)NC(=O)c2cn(C3CCNCC3)nn2)cnn1-c1ccc(F)cc1. The monoisotopic (exact) mass is 397 g/mol. The molecule has 1 aromatic carbocycles. The van der Waals surface area contributed by atoms with Gasteiger partial charge in [0.1, 0.15) is 5.82 Å². The van der Waals surface area contributed by atoms with E-state index in [0.29, 0.717) is 5.69 Å². The fourth-order valence-corrected chi connectivity index (χ4v) is 3.67. The first kappa shape index (κ1) is 19.3. The number of aromatic nitrogens is 5. The Kier molecular flexibility index (Phi) is 5.39. The second kappa shape index (κ2) is 8.12. The van der Waals surface area contributed by atoms with Crippen LogP contribution in [0.15, 0.2) is 36.7 Å². The van der Waals surface area contributed by atoms with Gasteiger partial charge in [0, 0.05) is 11.3 Å². The van der Waals surface area contributed by atoms with E-state index < -0.39 is 0 Å². The Morgan fingerprint density at radius 1 is 1.28 bits per heavy atom. The second-order valence-electron chi connectivity index (χ2n) is 7.33. The van der Waals surface area contributed by atoms with Gasteiger partial charge in [-0.2, -0.15) is 5.10 Å². The predicted molar refractivity (Wildman–Crippen MR) is 105 cm³/mol. The third kappa shape index (κ3) is 4.04. The van der Waals surface area contributed by atoms with Crippen LogP contribution in [0.4, 0.5) is 4.39 Å². The molecule has 2 N–H and O–H groups in total. The van der Waals surface area contributed by atoms with Crippen molar-refractivity contribution in [3.8, 4) is 5.69 Å². The maximum atomic E-state index is 13.2. The van der Waals surface area contributed by atoms with Crippen molar-refractivity contribution in [2.75, 3.05) is 13.1 Å². The van der Waals surface area contributed by atoms with Crippen molar-refractivity contribution in [3.05, 3.63) is 59.4 Å². The summed E-state index contributed by atoms with van der Waals surface area (Å²) in [5.74, 6) is -0.566. The van der Waals surface area contributed by atoms with Crippen molar-refractivity contribution >= 4 is 5.91 Å². The number of nitrogens with zero attached hydrogens (tertiary/aromatic N) is 5. The molecule has 1 fully saturated rings. The van der Waals surface area contributed by atoms with Gasteiger partial charge in [-0.3, -0.25) is 4.79 Å². The van der Waals surface area contributed by atoms with Crippen LogP contribution in [-0.4, -0.2) is 43.8 Å². The second-order valence-corrected chi connectivity index (χ2v) is 7.33. The minimum atomic E-state index is -0.294. The van der Waals surface area contributed by atoms with E-state index in [0.717, 1.165) is 42.9 Å². The van der Waals surface area contributed by atoms with Gasteiger partial charge < -0.3 is 10.6 Å². The third-order valence-electron chi connectivity index (χ3n) is 5.36. The summed E-state index contributed by atoms with van der Waals surface area (Å²) < 4.78 is 16.7. The molecule has 29 heavy (non-hydrogen) atoms. The summed E-state index contributed by atoms with van der Waals surface area (Å²) in [7, 11) is 0. The van der Waals surface area contributed by atoms with Gasteiger partial charge in [0.25, 0.3) is 5.91 Å². The average Bonchev–Trinajstić information content (AvgIpc) is 3.37. The Morgan fingerprint density at radius 2 is 2.00 bits per heavy atom. The largest absolute Gasteiger partial charge is 0.344 e. The molecule has 2 aromatic heterocycles. The summed E-state index contributed by atoms with van der Waals surface area (Å²) in [5, 5.41) is 18.8. The first-order valence-electron chi connectivity index (χ1n) is 9.77. The van der Waals surface area contributed by atoms with Crippen molar-refractivity contribution in [2.45, 2.75) is 38.8 Å². The number of carbonyl (C=O) groups is 1. The van der Waals surface area contributed by atoms with E-state index in [-0.39, 0.29) is 23.8 Å². The highest BCUT2D eigenvalue weighted by atomic mass is 19.1. The number of benzene rings is 1. The molecule has 0 radical (unpaired) electrons. The molecule has 0 spiro atoms. The first-order valence-corrected chi connectivity index (χ1v) is 9.77. The normalized spacial score (nSPS) is 16.0. The molecular weight excluding hydrogens is 373 g/mol. The molecule has 8 nitrogen and oxygen atoms in total. The Bertz CT molecular complexity index is 989. The van der Waals surface area contributed by atoms with Gasteiger partial charge in [0.15, 0.2) is 5.69 Å². The van der Waals surface area contributed by atoms with E-state index in [1.54, 1.807) is 33.9 Å². The topological polar surface area (TPSA) is 89.7 Å². The van der Waals surface area contributed by atoms with Gasteiger partial charge in [-0.25, -0.2) is 13.8 Å². The molecule has 0 aliphatic carbocycles. The number of hydrogen-bond donors (Lipinski definition) is 2. The van der Waals surface area contributed by atoms with Crippen LogP contribution in [0.5, 0.6) is 0 Å². The standard InChI is InChI=1S/C20H24FN7O/c1-13(18-11-23-28(14(18)2)17-5-3-15(21)4-6-17)24-20(29)19-12-27(26-25-19)16-7-9-22-10-8-16/h3-6,11-13,16,22H,7-10H2,1-2H3,(H,24,29). The number of halogens is 1. The summed E-state index contributed by atoms with van der Waals surface area (Å²) >= 11 is 0. The third-order valence-corrected chi connectivity index (χ3v) is 5.36. The summed E-state index contributed by atoms with van der Waals surface area (Å²) in [6, 6.07) is 6.14. The van der Waals surface area contributed by atoms with Crippen molar-refractivity contribution in [1.29, 1.82) is 0 Å². The lowest BCUT2D eigenvalue weighted by Crippen LogP contribution is -2.29. The van der Waals surface area contributed by atoms with Gasteiger partial charge in [-0.05, 0) is 64.0 Å². The molecule has 3 aromatic rings. The smallest absolute Gasteiger partial charge is 0.273 e. The van der Waals surface area contributed by atoms with Gasteiger partial charge in [-0.15, -0.1) is 5.10 Å². The fourth-order valence-electron chi connectivity index (χ4n) is 3.67. The van der Waals surface area contributed by atoms with Crippen LogP contribution in [0.3, 0.4) is 0 Å². The molecule has 1 aliphatic rings. The first-order chi connectivity index (χ1) is 14.0. The maximum absolute atomic E-state index is 13.2. The van der Waals surface area contributed by atoms with E-state index >= 15 is 0 Å². The number of hydrogen-bond acceptors (Lipinski definition) is 5. The van der Waals surface area contributed by atoms with Gasteiger partial charge >= 0.3 is 0 Å². The molecule has 1 saturated heterocycles. The number of amides is 1. The van der Waals surface area contributed by atoms with Crippen LogP contribution in [0.2, 0.25) is 0 Å². The Hall–Kier alpha value is -3.07. The van der Waals surface area contributed by atoms with Crippen LogP contribution in [-0.2, 0) is 0 Å². The van der Waals surface area contributed by atoms with Crippen molar-refractivity contribution in [2.24, 2.45) is 0 Å². The highest BCUT2D eigenvalue weighted by Crippen LogP contribution is 2.21. The lowest BCUT2D eigenvalue weighted by Gasteiger charge is -2.22. The predicted octanol–water partition coefficient (Wildman–Crippen LogP) is 2.33. The number of nitrogens with one attached hydrogen (secondary N) is 2. The fraction of sp³-hybridized carbons (Fsp3) is 0.400. The summed E-state index contributed by atoms with van der Waals surface area (Å²) in [6.45, 7) is 5.71. The minimum absolute atomic E-state index is 0.263. The summed E-state index contributed by atoms with van der Waals surface area (Å²) in [5.41, 5.74) is 2.83. The number of piperidine rings is 1. The van der Waals surface area contributed by atoms with E-state index in [1.165, 1.54) is 12.1 Å². The molecule has 1 unspecified atom stereocenters. The lowest BCUT2D eigenvalue weighted by molar-refractivity contribution is 0.0934. The molecule has 0 saturated carbocycles. The lowest BCUT2D eigenvalue weighted by atomic mass is 10.1. The van der Waals surface area contributed by atoms with E-state index in [4.69, 9.17) is 0 Å². The van der Waals surface area contributed by atoms with Gasteiger partial charge in [0.05, 0.1) is 30.2 Å². The Balaban J connectivity index is 1.45. The molecule has 1 amide bonds. The minimum Gasteiger partial charge on any atom is -0.344 e. The Labute approximate surface area is 168 Å².